The van der Waals surface area contributed by atoms with Crippen LogP contribution in [0.15, 0.2) is 12.5 Å². The van der Waals surface area contributed by atoms with Crippen LogP contribution in [0.5, 0.6) is 0 Å². The van der Waals surface area contributed by atoms with Crippen molar-refractivity contribution in [2.24, 2.45) is 5.92 Å². The number of aromatic carboxylic acids is 1. The van der Waals surface area contributed by atoms with Gasteiger partial charge in [-0.3, -0.25) is 0 Å². The number of carboxylic acids is 1. The number of nitrogens with zero attached hydrogens (tertiary/aromatic N) is 2. The Kier molecular flexibility index (Phi) is 3.28. The van der Waals surface area contributed by atoms with Crippen molar-refractivity contribution in [3.05, 3.63) is 18.2 Å². The van der Waals surface area contributed by atoms with E-state index in [1.54, 1.807) is 12.5 Å². The Hall–Kier alpha value is -1.32. The molecule has 1 N–H and O–H groups in total. The maximum absolute atomic E-state index is 10.6. The number of aromatic nitrogens is 2. The summed E-state index contributed by atoms with van der Waals surface area (Å²) in [4.78, 5) is 14.4. The molecule has 14 heavy (non-hydrogen) atoms. The summed E-state index contributed by atoms with van der Waals surface area (Å²) < 4.78 is 1.85. The third kappa shape index (κ3) is 2.58. The molecule has 1 aromatic heterocycles. The van der Waals surface area contributed by atoms with Crippen molar-refractivity contribution in [1.82, 2.24) is 9.55 Å². The molecule has 0 aliphatic rings. The lowest BCUT2D eigenvalue weighted by Crippen LogP contribution is -2.06. The minimum Gasteiger partial charge on any atom is -0.476 e. The van der Waals surface area contributed by atoms with Gasteiger partial charge in [-0.25, -0.2) is 9.78 Å². The Morgan fingerprint density at radius 2 is 2.21 bits per heavy atom. The Morgan fingerprint density at radius 1 is 1.57 bits per heavy atom. The van der Waals surface area contributed by atoms with Crippen molar-refractivity contribution < 1.29 is 9.90 Å². The first-order valence-corrected chi connectivity index (χ1v) is 4.77. The summed E-state index contributed by atoms with van der Waals surface area (Å²) in [6.07, 6.45) is 4.18. The molecule has 1 rings (SSSR count). The van der Waals surface area contributed by atoms with Gasteiger partial charge in [0.2, 0.25) is 0 Å². The van der Waals surface area contributed by atoms with E-state index in [1.165, 1.54) is 0 Å². The zero-order valence-electron chi connectivity index (χ0n) is 8.77. The molecule has 0 amide bonds. The largest absolute Gasteiger partial charge is 0.476 e. The second kappa shape index (κ2) is 4.26. The first kappa shape index (κ1) is 10.8. The lowest BCUT2D eigenvalue weighted by molar-refractivity contribution is 0.0691. The molecule has 0 radical (unpaired) electrons. The maximum atomic E-state index is 10.6. The molecule has 0 saturated heterocycles. The van der Waals surface area contributed by atoms with Crippen LogP contribution in [0.1, 0.15) is 43.7 Å². The van der Waals surface area contributed by atoms with E-state index in [9.17, 15) is 4.79 Å². The number of imidazole rings is 1. The fourth-order valence-corrected chi connectivity index (χ4v) is 1.49. The zero-order valence-corrected chi connectivity index (χ0v) is 8.77. The number of hydrogen-bond acceptors (Lipinski definition) is 2. The van der Waals surface area contributed by atoms with Crippen molar-refractivity contribution in [2.75, 3.05) is 0 Å². The van der Waals surface area contributed by atoms with Crippen LogP contribution in [-0.2, 0) is 0 Å². The van der Waals surface area contributed by atoms with E-state index in [2.05, 4.69) is 25.8 Å². The number of rotatable bonds is 4. The Balaban J connectivity index is 2.71. The summed E-state index contributed by atoms with van der Waals surface area (Å²) in [5, 5.41) is 8.69. The van der Waals surface area contributed by atoms with Gasteiger partial charge in [-0.15, -0.1) is 0 Å². The van der Waals surface area contributed by atoms with E-state index in [0.717, 1.165) is 6.42 Å². The molecule has 1 aromatic rings. The van der Waals surface area contributed by atoms with Gasteiger partial charge in [-0.2, -0.15) is 0 Å². The van der Waals surface area contributed by atoms with Crippen molar-refractivity contribution >= 4 is 5.97 Å². The average Bonchev–Trinajstić information content (AvgIpc) is 2.50. The molecule has 0 bridgehead atoms. The molecule has 0 spiro atoms. The fourth-order valence-electron chi connectivity index (χ4n) is 1.49. The van der Waals surface area contributed by atoms with E-state index in [1.807, 2.05) is 4.57 Å². The monoisotopic (exact) mass is 196 g/mol. The maximum Gasteiger partial charge on any atom is 0.356 e. The molecule has 0 aliphatic heterocycles. The average molecular weight is 196 g/mol. The van der Waals surface area contributed by atoms with E-state index in [4.69, 9.17) is 5.11 Å². The highest BCUT2D eigenvalue weighted by molar-refractivity contribution is 5.84. The second-order valence-corrected chi connectivity index (χ2v) is 3.99. The molecular formula is C10H16N2O2. The van der Waals surface area contributed by atoms with Crippen LogP contribution in [0.3, 0.4) is 0 Å². The molecule has 78 valence electrons. The minimum atomic E-state index is -0.972. The summed E-state index contributed by atoms with van der Waals surface area (Å²) in [6.45, 7) is 6.35. The summed E-state index contributed by atoms with van der Waals surface area (Å²) in [7, 11) is 0. The van der Waals surface area contributed by atoms with Crippen molar-refractivity contribution in [2.45, 2.75) is 33.2 Å². The van der Waals surface area contributed by atoms with Gasteiger partial charge in [0, 0.05) is 12.2 Å². The quantitative estimate of drug-likeness (QED) is 0.803. The summed E-state index contributed by atoms with van der Waals surface area (Å²) >= 11 is 0. The molecule has 0 aliphatic carbocycles. The third-order valence-corrected chi connectivity index (χ3v) is 2.14. The van der Waals surface area contributed by atoms with Gasteiger partial charge in [-0.05, 0) is 19.3 Å². The Labute approximate surface area is 83.6 Å². The van der Waals surface area contributed by atoms with E-state index < -0.39 is 5.97 Å². The van der Waals surface area contributed by atoms with Crippen molar-refractivity contribution in [1.29, 1.82) is 0 Å². The molecule has 0 unspecified atom stereocenters. The Morgan fingerprint density at radius 3 is 2.64 bits per heavy atom. The molecule has 0 saturated carbocycles. The van der Waals surface area contributed by atoms with E-state index in [-0.39, 0.29) is 5.69 Å². The smallest absolute Gasteiger partial charge is 0.356 e. The van der Waals surface area contributed by atoms with Crippen LogP contribution in [0.25, 0.3) is 0 Å². The lowest BCUT2D eigenvalue weighted by Gasteiger charge is -2.14. The number of hydrogen-bond donors (Lipinski definition) is 1. The SMILES string of the molecule is CC(C)C[C@H](C)n1cnc(C(=O)O)c1. The topological polar surface area (TPSA) is 55.1 Å². The molecule has 4 nitrogen and oxygen atoms in total. The summed E-state index contributed by atoms with van der Waals surface area (Å²) in [5.74, 6) is -0.374. The van der Waals surface area contributed by atoms with Gasteiger partial charge in [0.1, 0.15) is 0 Å². The first-order chi connectivity index (χ1) is 6.50. The number of carbonyl (C=O) groups is 1. The van der Waals surface area contributed by atoms with Crippen LogP contribution >= 0.6 is 0 Å². The Bertz CT molecular complexity index is 318. The summed E-state index contributed by atoms with van der Waals surface area (Å²) in [6, 6.07) is 0.301. The van der Waals surface area contributed by atoms with Crippen LogP contribution in [0.2, 0.25) is 0 Å². The first-order valence-electron chi connectivity index (χ1n) is 4.77. The van der Waals surface area contributed by atoms with Crippen LogP contribution in [0, 0.1) is 5.92 Å². The van der Waals surface area contributed by atoms with Gasteiger partial charge in [0.15, 0.2) is 5.69 Å². The summed E-state index contributed by atoms with van der Waals surface area (Å²) in [5.41, 5.74) is 0.112. The van der Waals surface area contributed by atoms with Gasteiger partial charge < -0.3 is 9.67 Å². The van der Waals surface area contributed by atoms with Gasteiger partial charge >= 0.3 is 5.97 Å². The second-order valence-electron chi connectivity index (χ2n) is 3.99. The van der Waals surface area contributed by atoms with Gasteiger partial charge in [0.05, 0.1) is 6.33 Å². The highest BCUT2D eigenvalue weighted by Crippen LogP contribution is 2.16. The minimum absolute atomic E-state index is 0.112. The van der Waals surface area contributed by atoms with E-state index >= 15 is 0 Å². The normalized spacial score (nSPS) is 13.1. The molecule has 4 heteroatoms. The van der Waals surface area contributed by atoms with Crippen molar-refractivity contribution in [3.63, 3.8) is 0 Å². The van der Waals surface area contributed by atoms with Crippen LogP contribution in [0.4, 0.5) is 0 Å². The van der Waals surface area contributed by atoms with Crippen molar-refractivity contribution in [3.8, 4) is 0 Å². The lowest BCUT2D eigenvalue weighted by atomic mass is 10.1. The number of carboxylic acid groups (broad SMARTS) is 1. The zero-order chi connectivity index (χ0) is 10.7. The molecule has 0 fully saturated rings. The van der Waals surface area contributed by atoms with Gasteiger partial charge in [-0.1, -0.05) is 13.8 Å². The fraction of sp³-hybridized carbons (Fsp3) is 0.600. The predicted octanol–water partition coefficient (Wildman–Crippen LogP) is 2.19. The molecule has 0 aromatic carbocycles. The standard InChI is InChI=1S/C10H16N2O2/c1-7(2)4-8(3)12-5-9(10(13)14)11-6-12/h5-8H,4H2,1-3H3,(H,13,14)/t8-/m0/s1. The highest BCUT2D eigenvalue weighted by atomic mass is 16.4. The van der Waals surface area contributed by atoms with Crippen LogP contribution < -0.4 is 0 Å². The van der Waals surface area contributed by atoms with Gasteiger partial charge in [0.25, 0.3) is 0 Å². The van der Waals surface area contributed by atoms with E-state index in [0.29, 0.717) is 12.0 Å². The third-order valence-electron chi connectivity index (χ3n) is 2.14. The molecular weight excluding hydrogens is 180 g/mol. The molecule has 1 atom stereocenters. The highest BCUT2D eigenvalue weighted by Gasteiger charge is 2.11. The molecule has 1 heterocycles. The predicted molar refractivity (Wildman–Crippen MR) is 53.4 cm³/mol. The van der Waals surface area contributed by atoms with Crippen LogP contribution in [-0.4, -0.2) is 20.6 Å².